The van der Waals surface area contributed by atoms with Crippen LogP contribution >= 0.6 is 0 Å². The molecule has 0 saturated carbocycles. The highest BCUT2D eigenvalue weighted by Crippen LogP contribution is 2.36. The van der Waals surface area contributed by atoms with Gasteiger partial charge in [-0.15, -0.1) is 0 Å². The summed E-state index contributed by atoms with van der Waals surface area (Å²) in [4.78, 5) is 19.6. The van der Waals surface area contributed by atoms with Crippen LogP contribution in [0.5, 0.6) is 0 Å². The smallest absolute Gasteiger partial charge is 0.182 e. The second-order valence-corrected chi connectivity index (χ2v) is 13.2. The molecule has 52 heavy (non-hydrogen) atoms. The molecule has 10 aromatic rings. The van der Waals surface area contributed by atoms with Crippen molar-refractivity contribution in [3.05, 3.63) is 182 Å². The molecule has 0 atom stereocenters. The minimum atomic E-state index is 0.534. The number of hydrogen-bond donors (Lipinski definition) is 0. The van der Waals surface area contributed by atoms with Crippen LogP contribution in [0.3, 0.4) is 0 Å². The van der Waals surface area contributed by atoms with Gasteiger partial charge in [0.15, 0.2) is 17.5 Å². The first-order valence-electron chi connectivity index (χ1n) is 17.4. The number of pyridine rings is 1. The normalized spacial score (nSPS) is 11.5. The summed E-state index contributed by atoms with van der Waals surface area (Å²) in [5, 5.41) is 9.76. The van der Waals surface area contributed by atoms with Crippen molar-refractivity contribution in [1.29, 1.82) is 0 Å². The molecule has 0 aliphatic rings. The number of aromatic nitrogens is 4. The SMILES string of the molecule is c1ccc(-c2nc(-c3cc(-c4ccc5cc6ccccc6cc5c4)cc(-c4ccc5cc6ccccc6cc5c4)c3)nc(-c3ccccn3)n2)cc1. The van der Waals surface area contributed by atoms with E-state index in [1.165, 1.54) is 43.1 Å². The predicted octanol–water partition coefficient (Wildman–Crippen LogP) is 12.2. The highest BCUT2D eigenvalue weighted by atomic mass is 15.0. The lowest BCUT2D eigenvalue weighted by molar-refractivity contribution is 1.06. The Labute approximate surface area is 300 Å². The minimum absolute atomic E-state index is 0.534. The van der Waals surface area contributed by atoms with Crippen LogP contribution in [0.25, 0.3) is 99.6 Å². The summed E-state index contributed by atoms with van der Waals surface area (Å²) in [6.07, 6.45) is 1.77. The molecular weight excluding hydrogens is 633 g/mol. The summed E-state index contributed by atoms with van der Waals surface area (Å²) in [5.74, 6) is 1.73. The van der Waals surface area contributed by atoms with E-state index in [9.17, 15) is 0 Å². The molecule has 4 heteroatoms. The van der Waals surface area contributed by atoms with Gasteiger partial charge in [-0.3, -0.25) is 4.98 Å². The van der Waals surface area contributed by atoms with Crippen LogP contribution < -0.4 is 0 Å². The summed E-state index contributed by atoms with van der Waals surface area (Å²) in [7, 11) is 0. The molecule has 0 N–H and O–H groups in total. The van der Waals surface area contributed by atoms with Crippen molar-refractivity contribution in [1.82, 2.24) is 19.9 Å². The van der Waals surface area contributed by atoms with E-state index < -0.39 is 0 Å². The van der Waals surface area contributed by atoms with Crippen LogP contribution in [-0.2, 0) is 0 Å². The van der Waals surface area contributed by atoms with Gasteiger partial charge in [0, 0.05) is 17.3 Å². The molecule has 0 spiro atoms. The Hall–Kier alpha value is -7.04. The van der Waals surface area contributed by atoms with Gasteiger partial charge in [-0.05, 0) is 132 Å². The zero-order valence-electron chi connectivity index (χ0n) is 28.1. The zero-order valence-corrected chi connectivity index (χ0v) is 28.1. The van der Waals surface area contributed by atoms with Gasteiger partial charge in [-0.2, -0.15) is 0 Å². The zero-order chi connectivity index (χ0) is 34.4. The largest absolute Gasteiger partial charge is 0.253 e. The first kappa shape index (κ1) is 29.8. The van der Waals surface area contributed by atoms with Gasteiger partial charge in [-0.1, -0.05) is 109 Å². The van der Waals surface area contributed by atoms with Crippen molar-refractivity contribution in [2.45, 2.75) is 0 Å². The maximum absolute atomic E-state index is 5.09. The van der Waals surface area contributed by atoms with Crippen molar-refractivity contribution in [2.24, 2.45) is 0 Å². The van der Waals surface area contributed by atoms with E-state index in [-0.39, 0.29) is 0 Å². The lowest BCUT2D eigenvalue weighted by Crippen LogP contribution is -2.01. The van der Waals surface area contributed by atoms with Crippen LogP contribution in [0.4, 0.5) is 0 Å². The van der Waals surface area contributed by atoms with E-state index in [4.69, 9.17) is 15.0 Å². The van der Waals surface area contributed by atoms with Gasteiger partial charge in [0.1, 0.15) is 5.69 Å². The second-order valence-electron chi connectivity index (χ2n) is 13.2. The van der Waals surface area contributed by atoms with Crippen LogP contribution in [0, 0.1) is 0 Å². The fourth-order valence-electron chi connectivity index (χ4n) is 7.16. The highest BCUT2D eigenvalue weighted by molar-refractivity contribution is 6.01. The predicted molar refractivity (Wildman–Crippen MR) is 215 cm³/mol. The molecule has 4 nitrogen and oxygen atoms in total. The molecule has 0 radical (unpaired) electrons. The van der Waals surface area contributed by atoms with Crippen LogP contribution in [0.15, 0.2) is 182 Å². The average molecular weight is 663 g/mol. The van der Waals surface area contributed by atoms with E-state index in [1.807, 2.05) is 48.5 Å². The Morgan fingerprint density at radius 1 is 0.250 bits per heavy atom. The van der Waals surface area contributed by atoms with Gasteiger partial charge < -0.3 is 0 Å². The van der Waals surface area contributed by atoms with Crippen molar-refractivity contribution in [2.75, 3.05) is 0 Å². The number of rotatable bonds is 5. The van der Waals surface area contributed by atoms with E-state index in [1.54, 1.807) is 6.20 Å². The maximum atomic E-state index is 5.09. The Kier molecular flexibility index (Phi) is 7.10. The van der Waals surface area contributed by atoms with Gasteiger partial charge in [0.05, 0.1) is 0 Å². The lowest BCUT2D eigenvalue weighted by atomic mass is 9.92. The summed E-state index contributed by atoms with van der Waals surface area (Å²) >= 11 is 0. The minimum Gasteiger partial charge on any atom is -0.253 e. The second kappa shape index (κ2) is 12.4. The molecule has 8 aromatic carbocycles. The first-order chi connectivity index (χ1) is 25.7. The molecule has 2 heterocycles. The topological polar surface area (TPSA) is 51.6 Å². The molecular formula is C48H30N4. The highest BCUT2D eigenvalue weighted by Gasteiger charge is 2.16. The first-order valence-corrected chi connectivity index (χ1v) is 17.4. The van der Waals surface area contributed by atoms with E-state index in [0.717, 1.165) is 33.4 Å². The summed E-state index contributed by atoms with van der Waals surface area (Å²) in [6, 6.07) is 62.2. The third-order valence-electron chi connectivity index (χ3n) is 9.83. The van der Waals surface area contributed by atoms with Gasteiger partial charge >= 0.3 is 0 Å². The van der Waals surface area contributed by atoms with Crippen LogP contribution in [0.2, 0.25) is 0 Å². The molecule has 10 rings (SSSR count). The molecule has 0 aliphatic carbocycles. The fourth-order valence-corrected chi connectivity index (χ4v) is 7.16. The summed E-state index contributed by atoms with van der Waals surface area (Å²) in [6.45, 7) is 0. The van der Waals surface area contributed by atoms with Crippen molar-refractivity contribution < 1.29 is 0 Å². The van der Waals surface area contributed by atoms with Gasteiger partial charge in [0.2, 0.25) is 0 Å². The number of benzene rings is 8. The monoisotopic (exact) mass is 662 g/mol. The lowest BCUT2D eigenvalue weighted by Gasteiger charge is -2.13. The molecule has 0 amide bonds. The molecule has 0 saturated heterocycles. The van der Waals surface area contributed by atoms with Crippen molar-refractivity contribution in [3.63, 3.8) is 0 Å². The molecule has 0 aliphatic heterocycles. The number of hydrogen-bond acceptors (Lipinski definition) is 4. The van der Waals surface area contributed by atoms with E-state index in [0.29, 0.717) is 23.2 Å². The fraction of sp³-hybridized carbons (Fsp3) is 0. The van der Waals surface area contributed by atoms with Crippen LogP contribution in [0.1, 0.15) is 0 Å². The Bertz CT molecular complexity index is 2760. The Morgan fingerprint density at radius 3 is 1.23 bits per heavy atom. The van der Waals surface area contributed by atoms with Crippen molar-refractivity contribution in [3.8, 4) is 56.5 Å². The number of fused-ring (bicyclic) bond motifs is 4. The average Bonchev–Trinajstić information content (AvgIpc) is 3.22. The number of nitrogens with zero attached hydrogens (tertiary/aromatic N) is 4. The third kappa shape index (κ3) is 5.53. The van der Waals surface area contributed by atoms with Gasteiger partial charge in [0.25, 0.3) is 0 Å². The molecule has 0 unspecified atom stereocenters. The maximum Gasteiger partial charge on any atom is 0.182 e. The molecule has 242 valence electrons. The standard InChI is InChI=1S/C48H30N4/c1-2-10-31(11-3-1)46-50-47(52-48(51-46)45-16-8-9-21-49-45)44-29-42(38-19-17-36-22-32-12-4-6-14-34(32)24-40(36)26-38)28-43(30-44)39-20-18-37-23-33-13-5-7-15-35(33)25-41(37)27-39/h1-30H. The third-order valence-corrected chi connectivity index (χ3v) is 9.83. The molecule has 2 aromatic heterocycles. The van der Waals surface area contributed by atoms with Crippen LogP contribution in [-0.4, -0.2) is 19.9 Å². The van der Waals surface area contributed by atoms with E-state index >= 15 is 0 Å². The molecule has 0 bridgehead atoms. The van der Waals surface area contributed by atoms with E-state index in [2.05, 4.69) is 132 Å². The Morgan fingerprint density at radius 2 is 0.692 bits per heavy atom. The molecule has 0 fully saturated rings. The summed E-state index contributed by atoms with van der Waals surface area (Å²) < 4.78 is 0. The van der Waals surface area contributed by atoms with Gasteiger partial charge in [-0.25, -0.2) is 15.0 Å². The quantitative estimate of drug-likeness (QED) is 0.172. The van der Waals surface area contributed by atoms with Crippen molar-refractivity contribution >= 4 is 43.1 Å². The summed E-state index contributed by atoms with van der Waals surface area (Å²) in [5.41, 5.74) is 6.94. The Balaban J connectivity index is 1.19.